The summed E-state index contributed by atoms with van der Waals surface area (Å²) in [6, 6.07) is 8.68. The van der Waals surface area contributed by atoms with Gasteiger partial charge in [0.1, 0.15) is 4.99 Å². The van der Waals surface area contributed by atoms with E-state index >= 15 is 0 Å². The fraction of sp³-hybridized carbons (Fsp3) is 0.533. The van der Waals surface area contributed by atoms with Crippen molar-refractivity contribution in [1.29, 1.82) is 0 Å². The molecule has 106 valence electrons. The van der Waals surface area contributed by atoms with Gasteiger partial charge in [0.15, 0.2) is 0 Å². The molecular formula is C15H24N2OS. The predicted molar refractivity (Wildman–Crippen MR) is 84.4 cm³/mol. The Kier molecular flexibility index (Phi) is 6.99. The van der Waals surface area contributed by atoms with Crippen molar-refractivity contribution in [3.63, 3.8) is 0 Å². The molecule has 0 aromatic heterocycles. The number of hydrogen-bond donors (Lipinski definition) is 1. The van der Waals surface area contributed by atoms with Crippen LogP contribution >= 0.6 is 12.2 Å². The van der Waals surface area contributed by atoms with Crippen LogP contribution < -0.4 is 5.73 Å². The monoisotopic (exact) mass is 280 g/mol. The molecule has 1 atom stereocenters. The van der Waals surface area contributed by atoms with Crippen molar-refractivity contribution >= 4 is 17.2 Å². The third-order valence-corrected chi connectivity index (χ3v) is 3.63. The second-order valence-electron chi connectivity index (χ2n) is 4.79. The first-order valence-electron chi connectivity index (χ1n) is 6.70. The highest BCUT2D eigenvalue weighted by molar-refractivity contribution is 7.80. The Morgan fingerprint density at radius 2 is 2.21 bits per heavy atom. The van der Waals surface area contributed by atoms with Crippen LogP contribution in [0.1, 0.15) is 31.4 Å². The van der Waals surface area contributed by atoms with E-state index in [1.807, 2.05) is 12.1 Å². The summed E-state index contributed by atoms with van der Waals surface area (Å²) in [5, 5.41) is 0. The zero-order chi connectivity index (χ0) is 14.3. The van der Waals surface area contributed by atoms with Gasteiger partial charge in [0.2, 0.25) is 0 Å². The average molecular weight is 280 g/mol. The molecule has 0 aliphatic heterocycles. The maximum Gasteiger partial charge on any atom is 0.103 e. The molecular weight excluding hydrogens is 256 g/mol. The Hall–Kier alpha value is -0.970. The summed E-state index contributed by atoms with van der Waals surface area (Å²) in [6.07, 6.45) is 1.12. The van der Waals surface area contributed by atoms with E-state index in [-0.39, 0.29) is 0 Å². The van der Waals surface area contributed by atoms with Crippen molar-refractivity contribution in [1.82, 2.24) is 4.90 Å². The molecule has 1 aromatic carbocycles. The van der Waals surface area contributed by atoms with Gasteiger partial charge in [0.05, 0.1) is 6.61 Å². The van der Waals surface area contributed by atoms with Crippen LogP contribution in [-0.4, -0.2) is 36.2 Å². The van der Waals surface area contributed by atoms with Crippen molar-refractivity contribution in [3.8, 4) is 0 Å². The smallest absolute Gasteiger partial charge is 0.103 e. The second-order valence-corrected chi connectivity index (χ2v) is 5.22. The van der Waals surface area contributed by atoms with Gasteiger partial charge in [-0.25, -0.2) is 0 Å². The van der Waals surface area contributed by atoms with Gasteiger partial charge in [-0.05, 0) is 25.0 Å². The van der Waals surface area contributed by atoms with E-state index in [2.05, 4.69) is 30.9 Å². The Balaban J connectivity index is 2.77. The predicted octanol–water partition coefficient (Wildman–Crippen LogP) is 2.57. The molecule has 4 heteroatoms. The van der Waals surface area contributed by atoms with Crippen molar-refractivity contribution in [2.75, 3.05) is 20.3 Å². The summed E-state index contributed by atoms with van der Waals surface area (Å²) >= 11 is 5.02. The van der Waals surface area contributed by atoms with Crippen molar-refractivity contribution in [2.45, 2.75) is 32.9 Å². The van der Waals surface area contributed by atoms with Gasteiger partial charge in [-0.1, -0.05) is 37.3 Å². The third-order valence-electron chi connectivity index (χ3n) is 3.39. The molecule has 0 saturated carbocycles. The summed E-state index contributed by atoms with van der Waals surface area (Å²) in [4.78, 5) is 2.87. The van der Waals surface area contributed by atoms with E-state index in [1.54, 1.807) is 7.11 Å². The first-order chi connectivity index (χ1) is 9.08. The summed E-state index contributed by atoms with van der Waals surface area (Å²) in [7, 11) is 1.74. The van der Waals surface area contributed by atoms with Gasteiger partial charge < -0.3 is 10.5 Å². The van der Waals surface area contributed by atoms with Crippen LogP contribution in [0.4, 0.5) is 0 Å². The van der Waals surface area contributed by atoms with Crippen molar-refractivity contribution in [3.05, 3.63) is 35.4 Å². The third kappa shape index (κ3) is 5.27. The van der Waals surface area contributed by atoms with E-state index in [0.29, 0.717) is 11.0 Å². The molecule has 1 unspecified atom stereocenters. The zero-order valence-electron chi connectivity index (χ0n) is 12.1. The molecule has 0 heterocycles. The lowest BCUT2D eigenvalue weighted by Crippen LogP contribution is -2.34. The Bertz CT molecular complexity index is 409. The quantitative estimate of drug-likeness (QED) is 0.743. The number of nitrogens with zero attached hydrogens (tertiary/aromatic N) is 1. The highest BCUT2D eigenvalue weighted by atomic mass is 32.1. The number of thiocarbonyl (C=S) groups is 1. The highest BCUT2D eigenvalue weighted by Gasteiger charge is 2.12. The first-order valence-corrected chi connectivity index (χ1v) is 7.11. The second kappa shape index (κ2) is 8.25. The fourth-order valence-corrected chi connectivity index (χ4v) is 2.11. The van der Waals surface area contributed by atoms with Gasteiger partial charge >= 0.3 is 0 Å². The molecule has 0 saturated heterocycles. The molecule has 1 aromatic rings. The highest BCUT2D eigenvalue weighted by Crippen LogP contribution is 2.12. The van der Waals surface area contributed by atoms with Gasteiger partial charge in [0, 0.05) is 31.8 Å². The van der Waals surface area contributed by atoms with Crippen LogP contribution in [0.3, 0.4) is 0 Å². The van der Waals surface area contributed by atoms with E-state index in [9.17, 15) is 0 Å². The molecule has 3 nitrogen and oxygen atoms in total. The minimum atomic E-state index is 0.453. The van der Waals surface area contributed by atoms with Crippen LogP contribution in [0.25, 0.3) is 0 Å². The number of rotatable bonds is 8. The number of nitrogens with two attached hydrogens (primary N) is 1. The summed E-state index contributed by atoms with van der Waals surface area (Å²) in [6.45, 7) is 7.03. The van der Waals surface area contributed by atoms with Crippen molar-refractivity contribution in [2.24, 2.45) is 5.73 Å². The van der Waals surface area contributed by atoms with Gasteiger partial charge in [0.25, 0.3) is 0 Å². The standard InChI is InChI=1S/C15H24N2OS/c1-4-12(2)17(8-9-18-3)11-13-6-5-7-14(10-13)15(16)19/h5-7,10,12H,4,8-9,11H2,1-3H3,(H2,16,19). The lowest BCUT2D eigenvalue weighted by Gasteiger charge is -2.28. The molecule has 1 rings (SSSR count). The molecule has 0 fully saturated rings. The molecule has 0 spiro atoms. The lowest BCUT2D eigenvalue weighted by molar-refractivity contribution is 0.118. The molecule has 0 amide bonds. The Morgan fingerprint density at radius 3 is 2.79 bits per heavy atom. The minimum Gasteiger partial charge on any atom is -0.389 e. The minimum absolute atomic E-state index is 0.453. The van der Waals surface area contributed by atoms with E-state index < -0.39 is 0 Å². The van der Waals surface area contributed by atoms with Crippen LogP contribution in [0.5, 0.6) is 0 Å². The van der Waals surface area contributed by atoms with E-state index in [1.165, 1.54) is 5.56 Å². The van der Waals surface area contributed by atoms with E-state index in [4.69, 9.17) is 22.7 Å². The molecule has 0 bridgehead atoms. The first kappa shape index (κ1) is 16.1. The zero-order valence-corrected chi connectivity index (χ0v) is 12.9. The molecule has 2 N–H and O–H groups in total. The van der Waals surface area contributed by atoms with Crippen LogP contribution in [0, 0.1) is 0 Å². The van der Waals surface area contributed by atoms with Crippen molar-refractivity contribution < 1.29 is 4.74 Å². The van der Waals surface area contributed by atoms with Crippen LogP contribution in [0.15, 0.2) is 24.3 Å². The number of ether oxygens (including phenoxy) is 1. The Morgan fingerprint density at radius 1 is 1.47 bits per heavy atom. The lowest BCUT2D eigenvalue weighted by atomic mass is 10.1. The average Bonchev–Trinajstić information content (AvgIpc) is 2.42. The van der Waals surface area contributed by atoms with Gasteiger partial charge in [-0.15, -0.1) is 0 Å². The van der Waals surface area contributed by atoms with Gasteiger partial charge in [-0.3, -0.25) is 4.90 Å². The summed E-state index contributed by atoms with van der Waals surface area (Å²) in [5.41, 5.74) is 7.85. The number of benzene rings is 1. The number of methoxy groups -OCH3 is 1. The normalized spacial score (nSPS) is 12.6. The van der Waals surface area contributed by atoms with Gasteiger partial charge in [-0.2, -0.15) is 0 Å². The molecule has 19 heavy (non-hydrogen) atoms. The fourth-order valence-electron chi connectivity index (χ4n) is 1.98. The molecule has 0 aliphatic carbocycles. The molecule has 0 aliphatic rings. The maximum atomic E-state index is 5.68. The topological polar surface area (TPSA) is 38.5 Å². The van der Waals surface area contributed by atoms with Crippen LogP contribution in [-0.2, 0) is 11.3 Å². The Labute approximate surface area is 121 Å². The summed E-state index contributed by atoms with van der Waals surface area (Å²) in [5.74, 6) is 0. The SMILES string of the molecule is CCC(C)N(CCOC)Cc1cccc(C(N)=S)c1. The summed E-state index contributed by atoms with van der Waals surface area (Å²) < 4.78 is 5.18. The van der Waals surface area contributed by atoms with Crippen LogP contribution in [0.2, 0.25) is 0 Å². The molecule has 0 radical (unpaired) electrons. The number of hydrogen-bond acceptors (Lipinski definition) is 3. The van der Waals surface area contributed by atoms with E-state index in [0.717, 1.165) is 31.7 Å². The maximum absolute atomic E-state index is 5.68. The largest absolute Gasteiger partial charge is 0.389 e.